The summed E-state index contributed by atoms with van der Waals surface area (Å²) in [6.45, 7) is 1.82. The first-order valence-electron chi connectivity index (χ1n) is 11.0. The van der Waals surface area contributed by atoms with Crippen LogP contribution in [0.1, 0.15) is 43.7 Å². The normalized spacial score (nSPS) is 22.6. The maximum Gasteiger partial charge on any atom is 0.277 e. The average molecular weight is 454 g/mol. The molecule has 0 radical (unpaired) electrons. The van der Waals surface area contributed by atoms with E-state index in [9.17, 15) is 14.7 Å². The molecule has 0 aromatic heterocycles. The summed E-state index contributed by atoms with van der Waals surface area (Å²) in [5, 5.41) is 11.2. The first kappa shape index (κ1) is 22.6. The zero-order valence-corrected chi connectivity index (χ0v) is 19.0. The molecule has 0 spiro atoms. The molecule has 1 aliphatic heterocycles. The number of aliphatic imine (C=N–C) groups is 1. The number of benzodiazepines with no additional fused rings is 1. The van der Waals surface area contributed by atoms with Gasteiger partial charge in [0.15, 0.2) is 5.78 Å². The molecule has 3 N–H and O–H groups in total. The Morgan fingerprint density at radius 3 is 2.53 bits per heavy atom. The minimum Gasteiger partial charge on any atom is -0.392 e. The molecule has 2 aromatic carbocycles. The van der Waals surface area contributed by atoms with Crippen LogP contribution in [0, 0.1) is 11.8 Å². The zero-order chi connectivity index (χ0) is 23.0. The molecule has 1 aliphatic carbocycles. The number of benzene rings is 2. The van der Waals surface area contributed by atoms with E-state index in [4.69, 9.17) is 17.3 Å². The van der Waals surface area contributed by atoms with Crippen LogP contribution >= 0.6 is 11.6 Å². The van der Waals surface area contributed by atoms with Gasteiger partial charge in [-0.3, -0.25) is 15.3 Å². The van der Waals surface area contributed by atoms with Gasteiger partial charge in [-0.25, -0.2) is 4.99 Å². The first-order valence-corrected chi connectivity index (χ1v) is 11.4. The second-order valence-electron chi connectivity index (χ2n) is 8.74. The number of Topliss-reactive ketones (excluding diaryl/α,β-unsaturated/α-hetero) is 1. The number of hydrogen-bond donors (Lipinski definition) is 2. The number of rotatable bonds is 7. The Bertz CT molecular complexity index is 1060. The number of aliphatic hydroxyl groups is 1. The van der Waals surface area contributed by atoms with Crippen molar-refractivity contribution in [3.63, 3.8) is 0 Å². The van der Waals surface area contributed by atoms with Gasteiger partial charge in [0.05, 0.1) is 17.5 Å². The summed E-state index contributed by atoms with van der Waals surface area (Å²) in [5.74, 6) is -1.51. The van der Waals surface area contributed by atoms with Crippen LogP contribution in [0.15, 0.2) is 53.5 Å². The van der Waals surface area contributed by atoms with Crippen molar-refractivity contribution in [2.45, 2.75) is 44.4 Å². The average Bonchev–Trinajstić information content (AvgIpc) is 3.64. The molecule has 168 valence electrons. The molecule has 4 rings (SSSR count). The van der Waals surface area contributed by atoms with Crippen molar-refractivity contribution in [2.24, 2.45) is 22.6 Å². The fourth-order valence-corrected chi connectivity index (χ4v) is 4.45. The number of anilines is 1. The third-order valence-corrected chi connectivity index (χ3v) is 6.69. The molecular weight excluding hydrogens is 426 g/mol. The van der Waals surface area contributed by atoms with Crippen molar-refractivity contribution in [3.05, 3.63) is 64.7 Å². The van der Waals surface area contributed by atoms with Gasteiger partial charge in [-0.15, -0.1) is 0 Å². The van der Waals surface area contributed by atoms with Crippen molar-refractivity contribution in [1.82, 2.24) is 0 Å². The molecule has 6 nitrogen and oxygen atoms in total. The minimum atomic E-state index is -2.14. The van der Waals surface area contributed by atoms with Gasteiger partial charge in [0.25, 0.3) is 5.91 Å². The van der Waals surface area contributed by atoms with Gasteiger partial charge in [-0.05, 0) is 37.0 Å². The number of fused-ring (bicyclic) bond motifs is 1. The Balaban J connectivity index is 1.88. The molecule has 2 aliphatic rings. The highest BCUT2D eigenvalue weighted by Crippen LogP contribution is 2.39. The van der Waals surface area contributed by atoms with Crippen LogP contribution in [0.2, 0.25) is 5.02 Å². The molecule has 1 amide bonds. The quantitative estimate of drug-likeness (QED) is 0.626. The van der Waals surface area contributed by atoms with Crippen LogP contribution in [0.4, 0.5) is 5.69 Å². The van der Waals surface area contributed by atoms with Crippen LogP contribution in [-0.4, -0.2) is 41.3 Å². The smallest absolute Gasteiger partial charge is 0.277 e. The van der Waals surface area contributed by atoms with Gasteiger partial charge in [0.1, 0.15) is 0 Å². The van der Waals surface area contributed by atoms with E-state index in [1.165, 1.54) is 4.90 Å². The second-order valence-corrected chi connectivity index (χ2v) is 9.18. The van der Waals surface area contributed by atoms with Crippen molar-refractivity contribution in [2.75, 3.05) is 11.9 Å². The number of carbonyl (C=O) groups excluding carboxylic acids is 2. The van der Waals surface area contributed by atoms with Gasteiger partial charge in [0, 0.05) is 29.1 Å². The molecule has 0 saturated heterocycles. The predicted molar refractivity (Wildman–Crippen MR) is 126 cm³/mol. The van der Waals surface area contributed by atoms with Crippen molar-refractivity contribution in [1.29, 1.82) is 0 Å². The second kappa shape index (κ2) is 8.77. The number of halogens is 1. The van der Waals surface area contributed by atoms with E-state index >= 15 is 0 Å². The van der Waals surface area contributed by atoms with E-state index in [0.717, 1.165) is 12.8 Å². The number of hydrogen-bond acceptors (Lipinski definition) is 5. The summed E-state index contributed by atoms with van der Waals surface area (Å²) >= 11 is 6.07. The molecule has 1 unspecified atom stereocenters. The van der Waals surface area contributed by atoms with Gasteiger partial charge >= 0.3 is 0 Å². The van der Waals surface area contributed by atoms with Crippen LogP contribution in [-0.2, 0) is 9.59 Å². The van der Waals surface area contributed by atoms with Gasteiger partial charge in [0.2, 0.25) is 5.66 Å². The molecule has 3 atom stereocenters. The summed E-state index contributed by atoms with van der Waals surface area (Å²) in [7, 11) is 1.60. The number of carbonyl (C=O) groups is 2. The Morgan fingerprint density at radius 2 is 1.91 bits per heavy atom. The maximum absolute atomic E-state index is 13.8. The number of ketones is 1. The van der Waals surface area contributed by atoms with E-state index in [2.05, 4.69) is 4.99 Å². The summed E-state index contributed by atoms with van der Waals surface area (Å²) in [6, 6.07) is 14.4. The summed E-state index contributed by atoms with van der Waals surface area (Å²) in [6.07, 6.45) is 2.09. The Morgan fingerprint density at radius 1 is 1.25 bits per heavy atom. The number of likely N-dealkylation sites (N-methyl/N-ethyl adjacent to an activating group) is 1. The largest absolute Gasteiger partial charge is 0.392 e. The summed E-state index contributed by atoms with van der Waals surface area (Å²) in [5.41, 5.74) is 6.91. The van der Waals surface area contributed by atoms with Crippen molar-refractivity contribution >= 4 is 34.7 Å². The van der Waals surface area contributed by atoms with Gasteiger partial charge < -0.3 is 10.0 Å². The standard InChI is InChI=1S/C25H28ClN3O3/c1-3-21(30)19(14-15-8-9-15)23(31)25(27)24(32)29(2)20-7-5-4-6-18(20)22(28-25)16-10-12-17(26)13-11-16/h4-7,10-13,15,19,21,30H,3,8-9,14,27H2,1-2H3/t19-,21+,25?/m1/s1. The minimum absolute atomic E-state index is 0.379. The topological polar surface area (TPSA) is 96.0 Å². The lowest BCUT2D eigenvalue weighted by molar-refractivity contribution is -0.139. The highest BCUT2D eigenvalue weighted by molar-refractivity contribution is 6.31. The number of para-hydroxylation sites is 1. The van der Waals surface area contributed by atoms with Gasteiger partial charge in [-0.1, -0.05) is 61.7 Å². The highest BCUT2D eigenvalue weighted by atomic mass is 35.5. The molecular formula is C25H28ClN3O3. The lowest BCUT2D eigenvalue weighted by Gasteiger charge is -2.31. The fourth-order valence-electron chi connectivity index (χ4n) is 4.32. The highest BCUT2D eigenvalue weighted by Gasteiger charge is 2.51. The van der Waals surface area contributed by atoms with Crippen molar-refractivity contribution < 1.29 is 14.7 Å². The van der Waals surface area contributed by atoms with Crippen LogP contribution in [0.3, 0.4) is 0 Å². The SMILES string of the molecule is CC[C@H](O)[C@@H](CC1CC1)C(=O)C1(N)N=C(c2ccc(Cl)cc2)c2ccccc2N(C)C1=O. The fraction of sp³-hybridized carbons (Fsp3) is 0.400. The Labute approximate surface area is 193 Å². The predicted octanol–water partition coefficient (Wildman–Crippen LogP) is 3.57. The molecule has 2 aromatic rings. The van der Waals surface area contributed by atoms with Crippen LogP contribution in [0.25, 0.3) is 0 Å². The van der Waals surface area contributed by atoms with Crippen LogP contribution < -0.4 is 10.6 Å². The third kappa shape index (κ3) is 4.10. The molecule has 1 saturated carbocycles. The van der Waals surface area contributed by atoms with E-state index in [1.54, 1.807) is 37.4 Å². The Hall–Kier alpha value is -2.54. The van der Waals surface area contributed by atoms with E-state index in [1.807, 2.05) is 25.1 Å². The van der Waals surface area contributed by atoms with Gasteiger partial charge in [-0.2, -0.15) is 0 Å². The number of nitrogens with zero attached hydrogens (tertiary/aromatic N) is 2. The maximum atomic E-state index is 13.8. The van der Waals surface area contributed by atoms with E-state index in [0.29, 0.717) is 46.3 Å². The number of aliphatic hydroxyl groups excluding tert-OH is 1. The molecule has 0 bridgehead atoms. The number of amides is 1. The lowest BCUT2D eigenvalue weighted by atomic mass is 9.83. The third-order valence-electron chi connectivity index (χ3n) is 6.44. The molecule has 1 fully saturated rings. The van der Waals surface area contributed by atoms with Crippen molar-refractivity contribution in [3.8, 4) is 0 Å². The molecule has 7 heteroatoms. The van der Waals surface area contributed by atoms with E-state index < -0.39 is 29.4 Å². The lowest BCUT2D eigenvalue weighted by Crippen LogP contribution is -2.61. The molecule has 1 heterocycles. The summed E-state index contributed by atoms with van der Waals surface area (Å²) < 4.78 is 0. The Kier molecular flexibility index (Phi) is 6.21. The van der Waals surface area contributed by atoms with E-state index in [-0.39, 0.29) is 0 Å². The zero-order valence-electron chi connectivity index (χ0n) is 18.3. The first-order chi connectivity index (χ1) is 15.3. The van der Waals surface area contributed by atoms with Crippen LogP contribution in [0.5, 0.6) is 0 Å². The summed E-state index contributed by atoms with van der Waals surface area (Å²) in [4.78, 5) is 33.4. The monoisotopic (exact) mass is 453 g/mol. The number of nitrogens with two attached hydrogens (primary N) is 1. The molecule has 32 heavy (non-hydrogen) atoms.